The first-order chi connectivity index (χ1) is 19.8. The van der Waals surface area contributed by atoms with Crippen molar-refractivity contribution in [3.8, 4) is 5.75 Å². The van der Waals surface area contributed by atoms with E-state index in [1.807, 2.05) is 68.6 Å². The van der Waals surface area contributed by atoms with E-state index in [0.717, 1.165) is 58.8 Å². The van der Waals surface area contributed by atoms with Crippen molar-refractivity contribution < 1.29 is 19.1 Å². The van der Waals surface area contributed by atoms with Gasteiger partial charge in [-0.15, -0.1) is 0 Å². The SMILES string of the molecule is COc1cccc(Nc2c(C(N)=O)cnc3c(C)cc(Cc4cccc(C(=O)N(C)CCCCCC=O)c4)cc23)c1. The number of aryl methyl sites for hydroxylation is 1. The lowest BCUT2D eigenvalue weighted by molar-refractivity contribution is -0.107. The molecule has 212 valence electrons. The Bertz CT molecular complexity index is 1570. The maximum absolute atomic E-state index is 13.1. The molecule has 0 unspecified atom stereocenters. The minimum absolute atomic E-state index is 0.0306. The smallest absolute Gasteiger partial charge is 0.253 e. The van der Waals surface area contributed by atoms with E-state index in [2.05, 4.69) is 16.4 Å². The van der Waals surface area contributed by atoms with Crippen molar-refractivity contribution in [2.45, 2.75) is 39.0 Å². The van der Waals surface area contributed by atoms with Crippen molar-refractivity contribution in [1.82, 2.24) is 9.88 Å². The van der Waals surface area contributed by atoms with Gasteiger partial charge in [0.2, 0.25) is 0 Å². The van der Waals surface area contributed by atoms with Crippen LogP contribution in [0.1, 0.15) is 63.1 Å². The van der Waals surface area contributed by atoms with Crippen molar-refractivity contribution >= 4 is 40.4 Å². The maximum Gasteiger partial charge on any atom is 0.253 e. The van der Waals surface area contributed by atoms with Gasteiger partial charge in [0.25, 0.3) is 11.8 Å². The fraction of sp³-hybridized carbons (Fsp3) is 0.273. The minimum atomic E-state index is -0.577. The molecule has 3 aromatic carbocycles. The Kier molecular flexibility index (Phi) is 9.68. The van der Waals surface area contributed by atoms with Crippen LogP contribution in [0.5, 0.6) is 5.75 Å². The number of amides is 2. The Hall–Kier alpha value is -4.72. The standard InChI is InChI=1S/C33H36N4O4/c1-22-16-24(17-23-10-8-11-25(18-23)33(40)37(2)14-6-4-5-7-15-38)19-28-30(22)35-21-29(32(34)39)31(28)36-26-12-9-13-27(20-26)41-3/h8-13,15-16,18-21H,4-7,14,17H2,1-3H3,(H2,34,39)(H,35,36). The molecule has 0 saturated carbocycles. The summed E-state index contributed by atoms with van der Waals surface area (Å²) >= 11 is 0. The van der Waals surface area contributed by atoms with Crippen LogP contribution in [0.2, 0.25) is 0 Å². The summed E-state index contributed by atoms with van der Waals surface area (Å²) in [5, 5.41) is 4.14. The summed E-state index contributed by atoms with van der Waals surface area (Å²) in [7, 11) is 3.41. The first-order valence-corrected chi connectivity index (χ1v) is 13.7. The predicted molar refractivity (Wildman–Crippen MR) is 162 cm³/mol. The van der Waals surface area contributed by atoms with Gasteiger partial charge in [0.1, 0.15) is 12.0 Å². The van der Waals surface area contributed by atoms with Crippen molar-refractivity contribution in [2.24, 2.45) is 5.73 Å². The molecule has 4 rings (SSSR count). The number of carbonyl (C=O) groups excluding carboxylic acids is 3. The molecule has 0 aliphatic heterocycles. The first kappa shape index (κ1) is 29.3. The van der Waals surface area contributed by atoms with E-state index in [-0.39, 0.29) is 5.91 Å². The van der Waals surface area contributed by atoms with Gasteiger partial charge in [0, 0.05) is 48.9 Å². The number of hydrogen-bond donors (Lipinski definition) is 2. The van der Waals surface area contributed by atoms with Gasteiger partial charge in [-0.1, -0.05) is 30.7 Å². The first-order valence-electron chi connectivity index (χ1n) is 13.7. The molecule has 1 aromatic heterocycles. The lowest BCUT2D eigenvalue weighted by Crippen LogP contribution is -2.27. The number of carbonyl (C=O) groups is 3. The average molecular weight is 553 g/mol. The number of nitrogens with two attached hydrogens (primary N) is 1. The van der Waals surface area contributed by atoms with Crippen LogP contribution >= 0.6 is 0 Å². The molecular formula is C33H36N4O4. The normalized spacial score (nSPS) is 10.8. The van der Waals surface area contributed by atoms with Crippen LogP contribution in [0.4, 0.5) is 11.4 Å². The van der Waals surface area contributed by atoms with Gasteiger partial charge in [0.15, 0.2) is 0 Å². The number of fused-ring (bicyclic) bond motifs is 1. The molecule has 41 heavy (non-hydrogen) atoms. The van der Waals surface area contributed by atoms with E-state index in [0.29, 0.717) is 42.0 Å². The van der Waals surface area contributed by atoms with Gasteiger partial charge >= 0.3 is 0 Å². The third-order valence-corrected chi connectivity index (χ3v) is 7.07. The van der Waals surface area contributed by atoms with Crippen LogP contribution < -0.4 is 15.8 Å². The van der Waals surface area contributed by atoms with Gasteiger partial charge < -0.3 is 25.5 Å². The summed E-state index contributed by atoms with van der Waals surface area (Å²) in [4.78, 5) is 42.2. The van der Waals surface area contributed by atoms with Crippen LogP contribution in [0.25, 0.3) is 10.9 Å². The molecule has 0 atom stereocenters. The average Bonchev–Trinajstić information content (AvgIpc) is 2.97. The second-order valence-electron chi connectivity index (χ2n) is 10.2. The largest absolute Gasteiger partial charge is 0.497 e. The minimum Gasteiger partial charge on any atom is -0.497 e. The van der Waals surface area contributed by atoms with Crippen LogP contribution in [-0.4, -0.2) is 48.7 Å². The quantitative estimate of drug-likeness (QED) is 0.160. The monoisotopic (exact) mass is 552 g/mol. The number of pyridine rings is 1. The maximum atomic E-state index is 13.1. The Morgan fingerprint density at radius 1 is 1.02 bits per heavy atom. The highest BCUT2D eigenvalue weighted by Crippen LogP contribution is 2.33. The zero-order valence-corrected chi connectivity index (χ0v) is 23.8. The van der Waals surface area contributed by atoms with E-state index in [1.165, 1.54) is 6.20 Å². The van der Waals surface area contributed by atoms with Crippen molar-refractivity contribution in [1.29, 1.82) is 0 Å². The number of hydrogen-bond acceptors (Lipinski definition) is 6. The van der Waals surface area contributed by atoms with Crippen molar-refractivity contribution in [2.75, 3.05) is 26.0 Å². The molecule has 0 bridgehead atoms. The summed E-state index contributed by atoms with van der Waals surface area (Å²) < 4.78 is 5.35. The topological polar surface area (TPSA) is 115 Å². The second-order valence-corrected chi connectivity index (χ2v) is 10.2. The van der Waals surface area contributed by atoms with E-state index < -0.39 is 5.91 Å². The second kappa shape index (κ2) is 13.6. The van der Waals surface area contributed by atoms with Crippen molar-refractivity contribution in [3.05, 3.63) is 94.7 Å². The molecular weight excluding hydrogens is 516 g/mol. The number of anilines is 2. The summed E-state index contributed by atoms with van der Waals surface area (Å²) in [6.45, 7) is 2.63. The number of primary amides is 1. The van der Waals surface area contributed by atoms with Crippen molar-refractivity contribution in [3.63, 3.8) is 0 Å². The molecule has 1 heterocycles. The zero-order chi connectivity index (χ0) is 29.4. The fourth-order valence-electron chi connectivity index (χ4n) is 4.95. The van der Waals surface area contributed by atoms with Crippen LogP contribution in [0.15, 0.2) is 66.9 Å². The number of aldehydes is 1. The lowest BCUT2D eigenvalue weighted by Gasteiger charge is -2.18. The molecule has 8 nitrogen and oxygen atoms in total. The number of ether oxygens (including phenoxy) is 1. The van der Waals surface area contributed by atoms with Gasteiger partial charge in [-0.25, -0.2) is 0 Å². The van der Waals surface area contributed by atoms with E-state index >= 15 is 0 Å². The molecule has 0 saturated heterocycles. The van der Waals surface area contributed by atoms with E-state index in [1.54, 1.807) is 12.0 Å². The molecule has 3 N–H and O–H groups in total. The molecule has 0 radical (unpaired) electrons. The summed E-state index contributed by atoms with van der Waals surface area (Å²) in [6.07, 6.45) is 6.22. The molecule has 0 aliphatic rings. The summed E-state index contributed by atoms with van der Waals surface area (Å²) in [5.74, 6) is 0.0766. The number of unbranched alkanes of at least 4 members (excludes halogenated alkanes) is 3. The molecule has 2 amide bonds. The van der Waals surface area contributed by atoms with E-state index in [9.17, 15) is 14.4 Å². The Morgan fingerprint density at radius 3 is 2.59 bits per heavy atom. The number of methoxy groups -OCH3 is 1. The van der Waals surface area contributed by atoms with E-state index in [4.69, 9.17) is 10.5 Å². The third-order valence-electron chi connectivity index (χ3n) is 7.07. The highest BCUT2D eigenvalue weighted by molar-refractivity contribution is 6.08. The van der Waals surface area contributed by atoms with Gasteiger partial charge in [-0.2, -0.15) is 0 Å². The Balaban J connectivity index is 1.62. The molecule has 8 heteroatoms. The third kappa shape index (κ3) is 7.28. The van der Waals surface area contributed by atoms with Gasteiger partial charge in [-0.3, -0.25) is 14.6 Å². The Labute approximate surface area is 240 Å². The zero-order valence-electron chi connectivity index (χ0n) is 23.8. The number of benzene rings is 3. The van der Waals surface area contributed by atoms with Crippen LogP contribution in [0, 0.1) is 6.92 Å². The number of aromatic nitrogens is 1. The molecule has 0 aliphatic carbocycles. The summed E-state index contributed by atoms with van der Waals surface area (Å²) in [6, 6.07) is 19.2. The fourth-order valence-corrected chi connectivity index (χ4v) is 4.95. The highest BCUT2D eigenvalue weighted by Gasteiger charge is 2.17. The molecule has 4 aromatic rings. The van der Waals surface area contributed by atoms with Crippen LogP contribution in [0.3, 0.4) is 0 Å². The number of nitrogens with one attached hydrogen (secondary N) is 1. The van der Waals surface area contributed by atoms with Crippen LogP contribution in [-0.2, 0) is 11.2 Å². The lowest BCUT2D eigenvalue weighted by atomic mass is 9.97. The van der Waals surface area contributed by atoms with Gasteiger partial charge in [0.05, 0.1) is 23.9 Å². The van der Waals surface area contributed by atoms with Gasteiger partial charge in [-0.05, 0) is 73.2 Å². The summed E-state index contributed by atoms with van der Waals surface area (Å²) in [5.41, 5.74) is 11.7. The molecule has 0 fully saturated rings. The number of rotatable bonds is 13. The molecule has 0 spiro atoms. The highest BCUT2D eigenvalue weighted by atomic mass is 16.5. The Morgan fingerprint density at radius 2 is 1.83 bits per heavy atom. The predicted octanol–water partition coefficient (Wildman–Crippen LogP) is 5.82. The number of nitrogens with zero attached hydrogens (tertiary/aromatic N) is 2.